The number of rotatable bonds is 2. The lowest BCUT2D eigenvalue weighted by atomic mass is 9.86. The molecular weight excluding hydrogens is 168 g/mol. The van der Waals surface area contributed by atoms with Crippen LogP contribution in [0.2, 0.25) is 0 Å². The van der Waals surface area contributed by atoms with Crippen molar-refractivity contribution in [3.8, 4) is 0 Å². The van der Waals surface area contributed by atoms with Crippen LogP contribution in [0.1, 0.15) is 31.9 Å². The molecule has 0 radical (unpaired) electrons. The lowest BCUT2D eigenvalue weighted by Crippen LogP contribution is -2.10. The molecule has 0 nitrogen and oxygen atoms in total. The number of hydrogen-bond acceptors (Lipinski definition) is 0. The van der Waals surface area contributed by atoms with Gasteiger partial charge in [-0.3, -0.25) is 0 Å². The van der Waals surface area contributed by atoms with Gasteiger partial charge >= 0.3 is 0 Å². The Morgan fingerprint density at radius 1 is 1.21 bits per heavy atom. The Kier molecular flexibility index (Phi) is 3.29. The Morgan fingerprint density at radius 3 is 2.50 bits per heavy atom. The highest BCUT2D eigenvalue weighted by Gasteiger charge is 2.12. The molecule has 0 aromatic heterocycles. The third-order valence-electron chi connectivity index (χ3n) is 2.18. The molecule has 0 N–H and O–H groups in total. The van der Waals surface area contributed by atoms with Gasteiger partial charge in [0.05, 0.1) is 0 Å². The fourth-order valence-electron chi connectivity index (χ4n) is 1.29. The highest BCUT2D eigenvalue weighted by Crippen LogP contribution is 2.23. The van der Waals surface area contributed by atoms with E-state index >= 15 is 0 Å². The maximum Gasteiger partial charge on any atom is -0.0132 e. The molecule has 0 atom stereocenters. The molecule has 0 aliphatic heterocycles. The van der Waals surface area contributed by atoms with E-state index in [9.17, 15) is 0 Å². The fraction of sp³-hybridized carbons (Fsp3) is 0.286. The lowest BCUT2D eigenvalue weighted by Gasteiger charge is -2.19. The van der Waals surface area contributed by atoms with Crippen LogP contribution in [0.5, 0.6) is 0 Å². The first kappa shape index (κ1) is 10.8. The van der Waals surface area contributed by atoms with Crippen molar-refractivity contribution >= 4 is 6.08 Å². The maximum atomic E-state index is 3.66. The van der Waals surface area contributed by atoms with Crippen molar-refractivity contribution in [3.63, 3.8) is 0 Å². The third kappa shape index (κ3) is 2.88. The third-order valence-corrected chi connectivity index (χ3v) is 2.18. The molecule has 0 heteroatoms. The summed E-state index contributed by atoms with van der Waals surface area (Å²) in [6, 6.07) is 8.60. The predicted molar refractivity (Wildman–Crippen MR) is 64.4 cm³/mol. The van der Waals surface area contributed by atoms with Crippen molar-refractivity contribution in [2.75, 3.05) is 0 Å². The van der Waals surface area contributed by atoms with E-state index in [2.05, 4.69) is 57.7 Å². The van der Waals surface area contributed by atoms with E-state index in [0.29, 0.717) is 0 Å². The van der Waals surface area contributed by atoms with Crippen LogP contribution in [0.15, 0.2) is 43.0 Å². The summed E-state index contributed by atoms with van der Waals surface area (Å²) in [6.45, 7) is 10.3. The minimum absolute atomic E-state index is 0.220. The number of allylic oxidation sites excluding steroid dienone is 2. The van der Waals surface area contributed by atoms with Crippen molar-refractivity contribution in [3.05, 3.63) is 54.1 Å². The van der Waals surface area contributed by atoms with Crippen molar-refractivity contribution in [2.24, 2.45) is 0 Å². The van der Waals surface area contributed by atoms with E-state index in [4.69, 9.17) is 0 Å². The minimum atomic E-state index is 0.220. The van der Waals surface area contributed by atoms with Crippen LogP contribution in [0, 0.1) is 0 Å². The van der Waals surface area contributed by atoms with Gasteiger partial charge in [-0.2, -0.15) is 0 Å². The average Bonchev–Trinajstić information content (AvgIpc) is 2.14. The van der Waals surface area contributed by atoms with Crippen LogP contribution in [-0.4, -0.2) is 0 Å². The monoisotopic (exact) mass is 186 g/mol. The summed E-state index contributed by atoms with van der Waals surface area (Å²) >= 11 is 0. The second kappa shape index (κ2) is 4.28. The summed E-state index contributed by atoms with van der Waals surface area (Å²) in [5, 5.41) is 0. The van der Waals surface area contributed by atoms with Crippen molar-refractivity contribution in [1.29, 1.82) is 0 Å². The first-order chi connectivity index (χ1) is 6.54. The van der Waals surface area contributed by atoms with Gasteiger partial charge in [0.25, 0.3) is 0 Å². The van der Waals surface area contributed by atoms with Crippen LogP contribution < -0.4 is 0 Å². The van der Waals surface area contributed by atoms with Crippen molar-refractivity contribution in [1.82, 2.24) is 0 Å². The zero-order valence-corrected chi connectivity index (χ0v) is 9.25. The number of hydrogen-bond donors (Lipinski definition) is 0. The van der Waals surface area contributed by atoms with Gasteiger partial charge in [0.2, 0.25) is 0 Å². The second-order valence-corrected chi connectivity index (χ2v) is 4.47. The van der Waals surface area contributed by atoms with Crippen LogP contribution in [0.3, 0.4) is 0 Å². The lowest BCUT2D eigenvalue weighted by molar-refractivity contribution is 0.590. The largest absolute Gasteiger partial charge is 0.0991 e. The van der Waals surface area contributed by atoms with Gasteiger partial charge in [-0.15, -0.1) is 0 Å². The molecule has 0 saturated heterocycles. The number of benzene rings is 1. The molecule has 0 heterocycles. The van der Waals surface area contributed by atoms with E-state index in [-0.39, 0.29) is 5.41 Å². The molecule has 1 rings (SSSR count). The van der Waals surface area contributed by atoms with E-state index in [0.717, 1.165) is 0 Å². The Labute approximate surface area is 87.0 Å². The molecule has 1 aromatic rings. The predicted octanol–water partition coefficient (Wildman–Crippen LogP) is 4.18. The molecule has 0 spiro atoms. The zero-order chi connectivity index (χ0) is 10.6. The van der Waals surface area contributed by atoms with Crippen LogP contribution in [0.4, 0.5) is 0 Å². The van der Waals surface area contributed by atoms with E-state index in [1.54, 1.807) is 6.08 Å². The van der Waals surface area contributed by atoms with Gasteiger partial charge in [-0.25, -0.2) is 0 Å². The zero-order valence-electron chi connectivity index (χ0n) is 9.25. The van der Waals surface area contributed by atoms with Crippen LogP contribution >= 0.6 is 0 Å². The summed E-state index contributed by atoms with van der Waals surface area (Å²) < 4.78 is 0. The summed E-state index contributed by atoms with van der Waals surface area (Å²) in [7, 11) is 0. The second-order valence-electron chi connectivity index (χ2n) is 4.47. The molecule has 74 valence electrons. The Hall–Kier alpha value is -1.30. The van der Waals surface area contributed by atoms with Gasteiger partial charge in [0.1, 0.15) is 0 Å². The van der Waals surface area contributed by atoms with Gasteiger partial charge in [0, 0.05) is 0 Å². The van der Waals surface area contributed by atoms with Gasteiger partial charge in [-0.05, 0) is 16.5 Å². The summed E-state index contributed by atoms with van der Waals surface area (Å²) in [6.07, 6.45) is 5.83. The molecule has 0 amide bonds. The molecule has 1 aromatic carbocycles. The molecule has 0 fully saturated rings. The summed E-state index contributed by atoms with van der Waals surface area (Å²) in [5.74, 6) is 0. The summed E-state index contributed by atoms with van der Waals surface area (Å²) in [5.41, 5.74) is 2.82. The molecule has 0 bridgehead atoms. The van der Waals surface area contributed by atoms with E-state index < -0.39 is 0 Å². The van der Waals surface area contributed by atoms with Crippen LogP contribution in [-0.2, 0) is 5.41 Å². The quantitative estimate of drug-likeness (QED) is 0.608. The first-order valence-electron chi connectivity index (χ1n) is 4.93. The average molecular weight is 186 g/mol. The van der Waals surface area contributed by atoms with Crippen molar-refractivity contribution < 1.29 is 0 Å². The standard InChI is InChI=1S/C14H18/c1-5-6-8-12-9-7-10-13(11-12)14(2,3)4/h5-11H,1H2,2-4H3/b8-6+. The highest BCUT2D eigenvalue weighted by atomic mass is 14.2. The Bertz CT molecular complexity index is 337. The van der Waals surface area contributed by atoms with Crippen LogP contribution in [0.25, 0.3) is 6.08 Å². The maximum absolute atomic E-state index is 3.66. The smallest absolute Gasteiger partial charge is 0.0132 e. The normalized spacial score (nSPS) is 11.9. The van der Waals surface area contributed by atoms with Gasteiger partial charge in [-0.1, -0.05) is 69.8 Å². The Balaban J connectivity index is 3.01. The van der Waals surface area contributed by atoms with Gasteiger partial charge < -0.3 is 0 Å². The van der Waals surface area contributed by atoms with Gasteiger partial charge in [0.15, 0.2) is 0 Å². The molecule has 0 unspecified atom stereocenters. The SMILES string of the molecule is C=C/C=C/c1cccc(C(C)(C)C)c1. The fourth-order valence-corrected chi connectivity index (χ4v) is 1.29. The summed E-state index contributed by atoms with van der Waals surface area (Å²) in [4.78, 5) is 0. The molecule has 0 aliphatic rings. The van der Waals surface area contributed by atoms with E-state index in [1.807, 2.05) is 6.08 Å². The molecular formula is C14H18. The molecule has 14 heavy (non-hydrogen) atoms. The Morgan fingerprint density at radius 2 is 1.93 bits per heavy atom. The van der Waals surface area contributed by atoms with Crippen molar-refractivity contribution in [2.45, 2.75) is 26.2 Å². The first-order valence-corrected chi connectivity index (χ1v) is 4.93. The molecule has 0 aliphatic carbocycles. The minimum Gasteiger partial charge on any atom is -0.0991 e. The topological polar surface area (TPSA) is 0 Å². The molecule has 0 saturated carbocycles. The highest BCUT2D eigenvalue weighted by molar-refractivity contribution is 5.52. The van der Waals surface area contributed by atoms with E-state index in [1.165, 1.54) is 11.1 Å².